The van der Waals surface area contributed by atoms with E-state index in [9.17, 15) is 9.59 Å². The van der Waals surface area contributed by atoms with Crippen LogP contribution in [0.1, 0.15) is 36.7 Å². The van der Waals surface area contributed by atoms with Gasteiger partial charge in [0.2, 0.25) is 0 Å². The van der Waals surface area contributed by atoms with Crippen molar-refractivity contribution in [2.24, 2.45) is 5.92 Å². The summed E-state index contributed by atoms with van der Waals surface area (Å²) in [6.07, 6.45) is 0. The van der Waals surface area contributed by atoms with Crippen LogP contribution in [0.4, 0.5) is 0 Å². The normalized spacial score (nSPS) is 11.7. The highest BCUT2D eigenvalue weighted by Gasteiger charge is 2.14. The van der Waals surface area contributed by atoms with E-state index in [2.05, 4.69) is 5.32 Å². The minimum absolute atomic E-state index is 0.0299. The van der Waals surface area contributed by atoms with E-state index in [0.29, 0.717) is 23.8 Å². The van der Waals surface area contributed by atoms with Crippen molar-refractivity contribution in [3.05, 3.63) is 65.7 Å². The van der Waals surface area contributed by atoms with Crippen molar-refractivity contribution in [1.29, 1.82) is 0 Å². The van der Waals surface area contributed by atoms with Crippen LogP contribution in [-0.2, 0) is 16.1 Å². The van der Waals surface area contributed by atoms with E-state index in [1.165, 1.54) is 0 Å². The first-order chi connectivity index (χ1) is 12.5. The molecule has 1 N–H and O–H groups in total. The van der Waals surface area contributed by atoms with Gasteiger partial charge >= 0.3 is 5.97 Å². The van der Waals surface area contributed by atoms with Gasteiger partial charge in [0.05, 0.1) is 5.56 Å². The van der Waals surface area contributed by atoms with Gasteiger partial charge in [0, 0.05) is 6.04 Å². The molecule has 0 radical (unpaired) electrons. The third-order valence-corrected chi connectivity index (χ3v) is 4.06. The second kappa shape index (κ2) is 9.61. The Kier molecular flexibility index (Phi) is 7.21. The number of ether oxygens (including phenoxy) is 2. The molecule has 0 aliphatic rings. The molecule has 0 fully saturated rings. The van der Waals surface area contributed by atoms with Gasteiger partial charge in [-0.15, -0.1) is 0 Å². The Labute approximate surface area is 154 Å². The lowest BCUT2D eigenvalue weighted by atomic mass is 10.1. The van der Waals surface area contributed by atoms with Crippen molar-refractivity contribution in [3.63, 3.8) is 0 Å². The Balaban J connectivity index is 1.80. The lowest BCUT2D eigenvalue weighted by molar-refractivity contribution is -0.125. The van der Waals surface area contributed by atoms with Gasteiger partial charge in [-0.2, -0.15) is 0 Å². The summed E-state index contributed by atoms with van der Waals surface area (Å²) in [7, 11) is 0. The van der Waals surface area contributed by atoms with Crippen molar-refractivity contribution >= 4 is 11.9 Å². The van der Waals surface area contributed by atoms with Gasteiger partial charge in [0.15, 0.2) is 6.61 Å². The number of hydrogen-bond donors (Lipinski definition) is 1. The lowest BCUT2D eigenvalue weighted by Crippen LogP contribution is -2.38. The highest BCUT2D eigenvalue weighted by atomic mass is 16.5. The van der Waals surface area contributed by atoms with Crippen LogP contribution >= 0.6 is 0 Å². The third-order valence-electron chi connectivity index (χ3n) is 4.06. The molecule has 0 unspecified atom stereocenters. The zero-order chi connectivity index (χ0) is 18.9. The molecule has 2 rings (SSSR count). The molecule has 2 aromatic rings. The van der Waals surface area contributed by atoms with Crippen LogP contribution in [-0.4, -0.2) is 24.5 Å². The van der Waals surface area contributed by atoms with Crippen molar-refractivity contribution in [3.8, 4) is 5.75 Å². The summed E-state index contributed by atoms with van der Waals surface area (Å²) >= 11 is 0. The monoisotopic (exact) mass is 355 g/mol. The van der Waals surface area contributed by atoms with Crippen LogP contribution < -0.4 is 10.1 Å². The molecule has 26 heavy (non-hydrogen) atoms. The standard InChI is InChI=1S/C21H25NO4/c1-15(2)16(3)22-20(23)14-26-21(24)18-9-11-19(12-10-18)25-13-17-7-5-4-6-8-17/h4-12,15-16H,13-14H2,1-3H3,(H,22,23)/t16-/m0/s1. The summed E-state index contributed by atoms with van der Waals surface area (Å²) in [6.45, 7) is 6.11. The van der Waals surface area contributed by atoms with Gasteiger partial charge in [-0.25, -0.2) is 4.79 Å². The van der Waals surface area contributed by atoms with Gasteiger partial charge in [0.25, 0.3) is 5.91 Å². The molecule has 0 aliphatic carbocycles. The molecule has 2 aromatic carbocycles. The molecule has 0 aromatic heterocycles. The number of amides is 1. The first kappa shape index (κ1) is 19.5. The summed E-state index contributed by atoms with van der Waals surface area (Å²) in [4.78, 5) is 23.8. The summed E-state index contributed by atoms with van der Waals surface area (Å²) < 4.78 is 10.7. The summed E-state index contributed by atoms with van der Waals surface area (Å²) in [6, 6.07) is 16.5. The molecular formula is C21H25NO4. The SMILES string of the molecule is CC(C)[C@H](C)NC(=O)COC(=O)c1ccc(OCc2ccccc2)cc1. The van der Waals surface area contributed by atoms with Crippen LogP contribution in [0.3, 0.4) is 0 Å². The molecule has 0 aliphatic heterocycles. The van der Waals surface area contributed by atoms with Crippen molar-refractivity contribution in [2.45, 2.75) is 33.4 Å². The van der Waals surface area contributed by atoms with E-state index < -0.39 is 5.97 Å². The number of carbonyl (C=O) groups excluding carboxylic acids is 2. The first-order valence-corrected chi connectivity index (χ1v) is 8.69. The van der Waals surface area contributed by atoms with Gasteiger partial charge < -0.3 is 14.8 Å². The van der Waals surface area contributed by atoms with Gasteiger partial charge in [-0.05, 0) is 42.7 Å². The number of nitrogens with one attached hydrogen (secondary N) is 1. The predicted octanol–water partition coefficient (Wildman–Crippen LogP) is 3.58. The Morgan fingerprint density at radius 2 is 1.62 bits per heavy atom. The van der Waals surface area contributed by atoms with E-state index in [1.54, 1.807) is 24.3 Å². The molecule has 1 amide bonds. The molecule has 1 atom stereocenters. The Hall–Kier alpha value is -2.82. The van der Waals surface area contributed by atoms with Crippen LogP contribution in [0.2, 0.25) is 0 Å². The van der Waals surface area contributed by atoms with Crippen LogP contribution in [0.25, 0.3) is 0 Å². The Morgan fingerprint density at radius 3 is 2.23 bits per heavy atom. The Morgan fingerprint density at radius 1 is 0.962 bits per heavy atom. The molecule has 5 heteroatoms. The summed E-state index contributed by atoms with van der Waals surface area (Å²) in [5, 5.41) is 2.79. The van der Waals surface area contributed by atoms with Gasteiger partial charge in [-0.3, -0.25) is 4.79 Å². The number of benzene rings is 2. The maximum Gasteiger partial charge on any atom is 0.338 e. The number of carbonyl (C=O) groups is 2. The fraction of sp³-hybridized carbons (Fsp3) is 0.333. The highest BCUT2D eigenvalue weighted by molar-refractivity contribution is 5.91. The van der Waals surface area contributed by atoms with Crippen molar-refractivity contribution in [2.75, 3.05) is 6.61 Å². The minimum atomic E-state index is -0.535. The van der Waals surface area contributed by atoms with Crippen LogP contribution in [0.15, 0.2) is 54.6 Å². The van der Waals surface area contributed by atoms with E-state index in [-0.39, 0.29) is 18.6 Å². The molecule has 138 valence electrons. The Bertz CT molecular complexity index is 711. The number of hydrogen-bond acceptors (Lipinski definition) is 4. The van der Waals surface area contributed by atoms with Crippen LogP contribution in [0, 0.1) is 5.92 Å². The number of esters is 1. The summed E-state index contributed by atoms with van der Waals surface area (Å²) in [5.41, 5.74) is 1.44. The second-order valence-corrected chi connectivity index (χ2v) is 6.47. The van der Waals surface area contributed by atoms with Crippen molar-refractivity contribution < 1.29 is 19.1 Å². The molecule has 0 saturated carbocycles. The van der Waals surface area contributed by atoms with E-state index in [0.717, 1.165) is 5.56 Å². The molecule has 0 spiro atoms. The van der Waals surface area contributed by atoms with Crippen LogP contribution in [0.5, 0.6) is 5.75 Å². The quantitative estimate of drug-likeness (QED) is 0.735. The molecule has 0 bridgehead atoms. The van der Waals surface area contributed by atoms with Crippen molar-refractivity contribution in [1.82, 2.24) is 5.32 Å². The molecular weight excluding hydrogens is 330 g/mol. The summed E-state index contributed by atoms with van der Waals surface area (Å²) in [5.74, 6) is 0.140. The lowest BCUT2D eigenvalue weighted by Gasteiger charge is -2.17. The van der Waals surface area contributed by atoms with Gasteiger partial charge in [-0.1, -0.05) is 44.2 Å². The van der Waals surface area contributed by atoms with E-state index >= 15 is 0 Å². The minimum Gasteiger partial charge on any atom is -0.489 e. The zero-order valence-electron chi connectivity index (χ0n) is 15.4. The maximum absolute atomic E-state index is 12.0. The van der Waals surface area contributed by atoms with E-state index in [1.807, 2.05) is 51.1 Å². The third kappa shape index (κ3) is 6.24. The predicted molar refractivity (Wildman–Crippen MR) is 99.9 cm³/mol. The largest absolute Gasteiger partial charge is 0.489 e. The van der Waals surface area contributed by atoms with E-state index in [4.69, 9.17) is 9.47 Å². The first-order valence-electron chi connectivity index (χ1n) is 8.69. The zero-order valence-corrected chi connectivity index (χ0v) is 15.4. The average Bonchev–Trinajstić information content (AvgIpc) is 2.65. The smallest absolute Gasteiger partial charge is 0.338 e. The van der Waals surface area contributed by atoms with Gasteiger partial charge in [0.1, 0.15) is 12.4 Å². The number of rotatable bonds is 8. The fourth-order valence-corrected chi connectivity index (χ4v) is 2.10. The second-order valence-electron chi connectivity index (χ2n) is 6.47. The molecule has 0 saturated heterocycles. The molecule has 0 heterocycles. The maximum atomic E-state index is 12.0. The highest BCUT2D eigenvalue weighted by Crippen LogP contribution is 2.15. The fourth-order valence-electron chi connectivity index (χ4n) is 2.10. The molecule has 5 nitrogen and oxygen atoms in total. The average molecular weight is 355 g/mol. The topological polar surface area (TPSA) is 64.6 Å².